The molecule has 0 spiro atoms. The number of amides is 2. The predicted molar refractivity (Wildman–Crippen MR) is 109 cm³/mol. The number of nitrogens with one attached hydrogen (secondary N) is 1. The molecule has 1 aliphatic heterocycles. The van der Waals surface area contributed by atoms with Crippen LogP contribution in [0.15, 0.2) is 47.1 Å². The Kier molecular flexibility index (Phi) is 5.68. The first kappa shape index (κ1) is 19.3. The van der Waals surface area contributed by atoms with Gasteiger partial charge >= 0.3 is 0 Å². The molecule has 1 N–H and O–H groups in total. The van der Waals surface area contributed by atoms with E-state index in [2.05, 4.69) is 40.4 Å². The molecule has 6 nitrogen and oxygen atoms in total. The summed E-state index contributed by atoms with van der Waals surface area (Å²) in [7, 11) is 0. The van der Waals surface area contributed by atoms with E-state index in [1.165, 1.54) is 11.1 Å². The van der Waals surface area contributed by atoms with Crippen LogP contribution in [0, 0.1) is 12.3 Å². The van der Waals surface area contributed by atoms with Crippen LogP contribution < -0.4 is 5.32 Å². The average molecular weight is 391 g/mol. The van der Waals surface area contributed by atoms with Crippen molar-refractivity contribution in [3.8, 4) is 12.3 Å². The zero-order valence-electron chi connectivity index (χ0n) is 16.3. The molecule has 1 saturated heterocycles. The summed E-state index contributed by atoms with van der Waals surface area (Å²) in [5, 5.41) is 2.92. The van der Waals surface area contributed by atoms with Gasteiger partial charge in [0.1, 0.15) is 5.76 Å². The fraction of sp³-hybridized carbons (Fsp3) is 0.391. The van der Waals surface area contributed by atoms with Gasteiger partial charge in [-0.3, -0.25) is 14.5 Å². The molecule has 150 valence electrons. The molecule has 1 aromatic heterocycles. The highest BCUT2D eigenvalue weighted by molar-refractivity contribution is 5.89. The molecule has 4 rings (SSSR count). The first-order valence-electron chi connectivity index (χ1n) is 9.99. The number of fused-ring (bicyclic) bond motifs is 1. The van der Waals surface area contributed by atoms with E-state index in [1.807, 2.05) is 6.07 Å². The highest BCUT2D eigenvalue weighted by Crippen LogP contribution is 2.28. The summed E-state index contributed by atoms with van der Waals surface area (Å²) in [5.74, 6) is 2.99. The SMILES string of the molecule is C#CCN(Cc1ccco1)C(=O)CC1C(=O)NCCN1C1Cc2ccccc2C1. The molecule has 1 unspecified atom stereocenters. The average Bonchev–Trinajstić information content (AvgIpc) is 3.38. The van der Waals surface area contributed by atoms with E-state index in [9.17, 15) is 9.59 Å². The number of hydrogen-bond acceptors (Lipinski definition) is 4. The molecule has 2 heterocycles. The van der Waals surface area contributed by atoms with E-state index in [0.29, 0.717) is 18.8 Å². The molecule has 6 heteroatoms. The Balaban J connectivity index is 1.47. The first-order chi connectivity index (χ1) is 14.2. The normalized spacial score (nSPS) is 19.4. The van der Waals surface area contributed by atoms with Crippen molar-refractivity contribution < 1.29 is 14.0 Å². The zero-order chi connectivity index (χ0) is 20.2. The van der Waals surface area contributed by atoms with Crippen molar-refractivity contribution in [2.45, 2.75) is 37.9 Å². The molecule has 1 fully saturated rings. The number of benzene rings is 1. The minimum atomic E-state index is -0.479. The molecular weight excluding hydrogens is 366 g/mol. The number of carbonyl (C=O) groups excluding carboxylic acids is 2. The smallest absolute Gasteiger partial charge is 0.237 e. The van der Waals surface area contributed by atoms with Crippen LogP contribution in [0.1, 0.15) is 23.3 Å². The third-order valence-electron chi connectivity index (χ3n) is 5.80. The van der Waals surface area contributed by atoms with Gasteiger partial charge in [-0.05, 0) is 36.1 Å². The van der Waals surface area contributed by atoms with Gasteiger partial charge in [-0.2, -0.15) is 0 Å². The second kappa shape index (κ2) is 8.54. The van der Waals surface area contributed by atoms with Gasteiger partial charge in [0.25, 0.3) is 0 Å². The fourth-order valence-corrected chi connectivity index (χ4v) is 4.38. The van der Waals surface area contributed by atoms with Gasteiger partial charge in [0.15, 0.2) is 0 Å². The number of furan rings is 1. The van der Waals surface area contributed by atoms with Crippen LogP contribution >= 0.6 is 0 Å². The molecule has 1 aromatic carbocycles. The number of piperazine rings is 1. The van der Waals surface area contributed by atoms with Gasteiger partial charge in [0.05, 0.1) is 31.8 Å². The number of nitrogens with zero attached hydrogens (tertiary/aromatic N) is 2. The summed E-state index contributed by atoms with van der Waals surface area (Å²) in [6.45, 7) is 1.84. The predicted octanol–water partition coefficient (Wildman–Crippen LogP) is 1.60. The Morgan fingerprint density at radius 2 is 2.00 bits per heavy atom. The lowest BCUT2D eigenvalue weighted by Crippen LogP contribution is -2.59. The lowest BCUT2D eigenvalue weighted by molar-refractivity contribution is -0.139. The summed E-state index contributed by atoms with van der Waals surface area (Å²) in [6.07, 6.45) is 8.97. The molecule has 1 aliphatic carbocycles. The number of rotatable bonds is 6. The van der Waals surface area contributed by atoms with E-state index in [0.717, 1.165) is 19.4 Å². The van der Waals surface area contributed by atoms with Crippen LogP contribution in [0.4, 0.5) is 0 Å². The maximum atomic E-state index is 13.0. The number of carbonyl (C=O) groups is 2. The molecule has 0 saturated carbocycles. The third kappa shape index (κ3) is 4.20. The first-order valence-corrected chi connectivity index (χ1v) is 9.99. The van der Waals surface area contributed by atoms with Crippen molar-refractivity contribution in [3.05, 3.63) is 59.5 Å². The topological polar surface area (TPSA) is 65.8 Å². The van der Waals surface area contributed by atoms with Crippen LogP contribution in [-0.4, -0.2) is 53.3 Å². The fourth-order valence-electron chi connectivity index (χ4n) is 4.38. The third-order valence-corrected chi connectivity index (χ3v) is 5.80. The van der Waals surface area contributed by atoms with Crippen LogP contribution in [0.2, 0.25) is 0 Å². The number of hydrogen-bond donors (Lipinski definition) is 1. The van der Waals surface area contributed by atoms with E-state index in [-0.39, 0.29) is 30.8 Å². The van der Waals surface area contributed by atoms with Gasteiger partial charge < -0.3 is 14.6 Å². The second-order valence-electron chi connectivity index (χ2n) is 7.61. The zero-order valence-corrected chi connectivity index (χ0v) is 16.3. The molecule has 2 aromatic rings. The standard InChI is InChI=1S/C23H25N3O3/c1-2-10-25(16-20-8-5-12-29-20)22(27)15-21-23(28)24-9-11-26(21)19-13-17-6-3-4-7-18(17)14-19/h1,3-8,12,19,21H,9-11,13-16H2,(H,24,28). The van der Waals surface area contributed by atoms with Crippen molar-refractivity contribution in [1.29, 1.82) is 0 Å². The largest absolute Gasteiger partial charge is 0.467 e. The molecular formula is C23H25N3O3. The summed E-state index contributed by atoms with van der Waals surface area (Å²) in [4.78, 5) is 29.5. The highest BCUT2D eigenvalue weighted by Gasteiger charge is 2.38. The Morgan fingerprint density at radius 1 is 1.24 bits per heavy atom. The van der Waals surface area contributed by atoms with Crippen molar-refractivity contribution >= 4 is 11.8 Å². The van der Waals surface area contributed by atoms with Gasteiger partial charge in [0.2, 0.25) is 11.8 Å². The second-order valence-corrected chi connectivity index (χ2v) is 7.61. The summed E-state index contributed by atoms with van der Waals surface area (Å²) < 4.78 is 5.36. The van der Waals surface area contributed by atoms with Gasteiger partial charge in [-0.25, -0.2) is 0 Å². The van der Waals surface area contributed by atoms with E-state index in [1.54, 1.807) is 17.2 Å². The maximum absolute atomic E-state index is 13.0. The maximum Gasteiger partial charge on any atom is 0.237 e. The summed E-state index contributed by atoms with van der Waals surface area (Å²) in [5.41, 5.74) is 2.67. The lowest BCUT2D eigenvalue weighted by atomic mass is 10.0. The Hall–Kier alpha value is -3.04. The van der Waals surface area contributed by atoms with Crippen LogP contribution in [0.3, 0.4) is 0 Å². The Morgan fingerprint density at radius 3 is 2.66 bits per heavy atom. The molecule has 0 radical (unpaired) electrons. The molecule has 2 aliphatic rings. The van der Waals surface area contributed by atoms with Crippen LogP contribution in [-0.2, 0) is 29.0 Å². The Labute approximate surface area is 170 Å². The van der Waals surface area contributed by atoms with Crippen LogP contribution in [0.5, 0.6) is 0 Å². The monoisotopic (exact) mass is 391 g/mol. The van der Waals surface area contributed by atoms with Gasteiger partial charge in [-0.1, -0.05) is 30.2 Å². The van der Waals surface area contributed by atoms with E-state index < -0.39 is 6.04 Å². The quantitative estimate of drug-likeness (QED) is 0.760. The van der Waals surface area contributed by atoms with Crippen LogP contribution in [0.25, 0.3) is 0 Å². The lowest BCUT2D eigenvalue weighted by Gasteiger charge is -2.39. The minimum Gasteiger partial charge on any atom is -0.467 e. The molecule has 1 atom stereocenters. The van der Waals surface area contributed by atoms with Crippen molar-refractivity contribution in [3.63, 3.8) is 0 Å². The van der Waals surface area contributed by atoms with E-state index >= 15 is 0 Å². The van der Waals surface area contributed by atoms with Gasteiger partial charge in [-0.15, -0.1) is 6.42 Å². The molecule has 29 heavy (non-hydrogen) atoms. The molecule has 0 bridgehead atoms. The van der Waals surface area contributed by atoms with E-state index in [4.69, 9.17) is 10.8 Å². The summed E-state index contributed by atoms with van der Waals surface area (Å²) in [6, 6.07) is 11.8. The van der Waals surface area contributed by atoms with Crippen molar-refractivity contribution in [2.75, 3.05) is 19.6 Å². The van der Waals surface area contributed by atoms with Crippen molar-refractivity contribution in [1.82, 2.24) is 15.1 Å². The Bertz CT molecular complexity index is 891. The summed E-state index contributed by atoms with van der Waals surface area (Å²) >= 11 is 0. The highest BCUT2D eigenvalue weighted by atomic mass is 16.3. The van der Waals surface area contributed by atoms with Gasteiger partial charge in [0, 0.05) is 19.1 Å². The minimum absolute atomic E-state index is 0.0841. The molecule has 2 amide bonds. The van der Waals surface area contributed by atoms with Crippen molar-refractivity contribution in [2.24, 2.45) is 0 Å². The number of terminal acetylenes is 1.